The molecular weight excluding hydrogens is 262 g/mol. The molecule has 21 heavy (non-hydrogen) atoms. The number of ether oxygens (including phenoxy) is 2. The van der Waals surface area contributed by atoms with Gasteiger partial charge in [-0.15, -0.1) is 0 Å². The van der Waals surface area contributed by atoms with Crippen LogP contribution in [-0.4, -0.2) is 25.4 Å². The molecule has 2 unspecified atom stereocenters. The van der Waals surface area contributed by atoms with Crippen LogP contribution in [-0.2, 0) is 9.47 Å². The fourth-order valence-electron chi connectivity index (χ4n) is 3.84. The standard InChI is InChI=1S/C18H27NO2/c1-13-3-4-14(2)16(11-13)17(19)15-5-8-21-18(12-15)6-9-20-10-7-18/h3-4,11,15,17H,5-10,12,19H2,1-2H3. The minimum absolute atomic E-state index is 0.0243. The lowest BCUT2D eigenvalue weighted by Gasteiger charge is -2.45. The van der Waals surface area contributed by atoms with Crippen molar-refractivity contribution in [3.63, 3.8) is 0 Å². The topological polar surface area (TPSA) is 44.5 Å². The third-order valence-corrected chi connectivity index (χ3v) is 5.24. The summed E-state index contributed by atoms with van der Waals surface area (Å²) >= 11 is 0. The molecule has 2 aliphatic rings. The predicted octanol–water partition coefficient (Wildman–Crippen LogP) is 3.28. The molecule has 0 saturated carbocycles. The maximum atomic E-state index is 6.64. The van der Waals surface area contributed by atoms with Crippen molar-refractivity contribution < 1.29 is 9.47 Å². The minimum atomic E-state index is 0.0243. The number of hydrogen-bond acceptors (Lipinski definition) is 3. The Balaban J connectivity index is 1.77. The van der Waals surface area contributed by atoms with Crippen molar-refractivity contribution in [1.82, 2.24) is 0 Å². The Kier molecular flexibility index (Phi) is 4.34. The van der Waals surface area contributed by atoms with Crippen molar-refractivity contribution in [2.75, 3.05) is 19.8 Å². The highest BCUT2D eigenvalue weighted by atomic mass is 16.5. The summed E-state index contributed by atoms with van der Waals surface area (Å²) in [6.45, 7) is 6.79. The van der Waals surface area contributed by atoms with E-state index in [9.17, 15) is 0 Å². The normalized spacial score (nSPS) is 26.7. The molecule has 1 aromatic carbocycles. The van der Waals surface area contributed by atoms with Crippen LogP contribution in [0.15, 0.2) is 18.2 Å². The van der Waals surface area contributed by atoms with Crippen LogP contribution in [0.3, 0.4) is 0 Å². The average molecular weight is 289 g/mol. The smallest absolute Gasteiger partial charge is 0.0729 e. The van der Waals surface area contributed by atoms with E-state index in [4.69, 9.17) is 15.2 Å². The van der Waals surface area contributed by atoms with E-state index < -0.39 is 0 Å². The van der Waals surface area contributed by atoms with Gasteiger partial charge in [0.2, 0.25) is 0 Å². The summed E-state index contributed by atoms with van der Waals surface area (Å²) in [5, 5.41) is 0. The molecule has 116 valence electrons. The van der Waals surface area contributed by atoms with Crippen LogP contribution in [0.4, 0.5) is 0 Å². The van der Waals surface area contributed by atoms with Crippen LogP contribution in [0.1, 0.15) is 48.4 Å². The van der Waals surface area contributed by atoms with Crippen LogP contribution in [0.5, 0.6) is 0 Å². The highest BCUT2D eigenvalue weighted by Crippen LogP contribution is 2.41. The van der Waals surface area contributed by atoms with Gasteiger partial charge >= 0.3 is 0 Å². The quantitative estimate of drug-likeness (QED) is 0.908. The van der Waals surface area contributed by atoms with Gasteiger partial charge in [0.05, 0.1) is 5.60 Å². The highest BCUT2D eigenvalue weighted by molar-refractivity contribution is 5.33. The van der Waals surface area contributed by atoms with E-state index >= 15 is 0 Å². The maximum absolute atomic E-state index is 6.64. The molecule has 1 spiro atoms. The first-order chi connectivity index (χ1) is 10.1. The molecule has 3 rings (SSSR count). The first-order valence-corrected chi connectivity index (χ1v) is 8.14. The van der Waals surface area contributed by atoms with E-state index in [0.29, 0.717) is 5.92 Å². The van der Waals surface area contributed by atoms with E-state index in [1.807, 2.05) is 0 Å². The van der Waals surface area contributed by atoms with Crippen LogP contribution >= 0.6 is 0 Å². The molecule has 2 heterocycles. The van der Waals surface area contributed by atoms with E-state index in [-0.39, 0.29) is 11.6 Å². The third-order valence-electron chi connectivity index (χ3n) is 5.24. The summed E-state index contributed by atoms with van der Waals surface area (Å²) in [4.78, 5) is 0. The summed E-state index contributed by atoms with van der Waals surface area (Å²) < 4.78 is 11.6. The van der Waals surface area contributed by atoms with Crippen molar-refractivity contribution in [2.45, 2.75) is 51.2 Å². The van der Waals surface area contributed by atoms with Crippen LogP contribution in [0.2, 0.25) is 0 Å². The molecule has 0 bridgehead atoms. The third kappa shape index (κ3) is 3.15. The average Bonchev–Trinajstić information content (AvgIpc) is 2.50. The fourth-order valence-corrected chi connectivity index (χ4v) is 3.84. The summed E-state index contributed by atoms with van der Waals surface area (Å²) in [5.41, 5.74) is 10.6. The fraction of sp³-hybridized carbons (Fsp3) is 0.667. The Morgan fingerprint density at radius 3 is 2.71 bits per heavy atom. The molecule has 2 saturated heterocycles. The van der Waals surface area contributed by atoms with E-state index in [1.54, 1.807) is 0 Å². The van der Waals surface area contributed by atoms with Gasteiger partial charge in [0.25, 0.3) is 0 Å². The summed E-state index contributed by atoms with van der Waals surface area (Å²) in [7, 11) is 0. The van der Waals surface area contributed by atoms with Gasteiger partial charge in [0.15, 0.2) is 0 Å². The van der Waals surface area contributed by atoms with Gasteiger partial charge < -0.3 is 15.2 Å². The Bertz CT molecular complexity index is 488. The first kappa shape index (κ1) is 15.0. The van der Waals surface area contributed by atoms with Gasteiger partial charge in [-0.2, -0.15) is 0 Å². The second kappa shape index (κ2) is 6.07. The maximum Gasteiger partial charge on any atom is 0.0729 e. The SMILES string of the molecule is Cc1ccc(C)c(C(N)C2CCOC3(CCOCC3)C2)c1. The Labute approximate surface area is 127 Å². The lowest BCUT2D eigenvalue weighted by molar-refractivity contribution is -0.149. The summed E-state index contributed by atoms with van der Waals surface area (Å²) in [5.74, 6) is 0.511. The molecule has 2 aliphatic heterocycles. The van der Waals surface area contributed by atoms with Gasteiger partial charge in [-0.1, -0.05) is 23.8 Å². The number of benzene rings is 1. The molecule has 3 nitrogen and oxygen atoms in total. The van der Waals surface area contributed by atoms with Gasteiger partial charge in [-0.25, -0.2) is 0 Å². The van der Waals surface area contributed by atoms with Crippen molar-refractivity contribution in [1.29, 1.82) is 0 Å². The second-order valence-corrected chi connectivity index (χ2v) is 6.78. The van der Waals surface area contributed by atoms with Crippen molar-refractivity contribution >= 4 is 0 Å². The number of aryl methyl sites for hydroxylation is 2. The zero-order valence-corrected chi connectivity index (χ0v) is 13.2. The lowest BCUT2D eigenvalue weighted by atomic mass is 9.76. The Morgan fingerprint density at radius 1 is 1.19 bits per heavy atom. The van der Waals surface area contributed by atoms with Crippen molar-refractivity contribution in [3.8, 4) is 0 Å². The molecule has 1 aromatic rings. The molecular formula is C18H27NO2. The van der Waals surface area contributed by atoms with E-state index in [0.717, 1.165) is 45.5 Å². The molecule has 0 aromatic heterocycles. The summed E-state index contributed by atoms with van der Waals surface area (Å²) in [6.07, 6.45) is 4.17. The van der Waals surface area contributed by atoms with Crippen LogP contribution < -0.4 is 5.73 Å². The number of rotatable bonds is 2. The van der Waals surface area contributed by atoms with Crippen LogP contribution in [0.25, 0.3) is 0 Å². The lowest BCUT2D eigenvalue weighted by Crippen LogP contribution is -2.46. The predicted molar refractivity (Wildman–Crippen MR) is 84.3 cm³/mol. The largest absolute Gasteiger partial charge is 0.381 e. The highest BCUT2D eigenvalue weighted by Gasteiger charge is 2.40. The molecule has 0 radical (unpaired) electrons. The molecule has 2 atom stereocenters. The van der Waals surface area contributed by atoms with Gasteiger partial charge in [-0.3, -0.25) is 0 Å². The monoisotopic (exact) mass is 289 g/mol. The number of nitrogens with two attached hydrogens (primary N) is 1. The van der Waals surface area contributed by atoms with E-state index in [1.165, 1.54) is 16.7 Å². The van der Waals surface area contributed by atoms with E-state index in [2.05, 4.69) is 32.0 Å². The summed E-state index contributed by atoms with van der Waals surface area (Å²) in [6, 6.07) is 6.73. The Hall–Kier alpha value is -0.900. The van der Waals surface area contributed by atoms with Gasteiger partial charge in [0.1, 0.15) is 0 Å². The Morgan fingerprint density at radius 2 is 1.95 bits per heavy atom. The molecule has 2 N–H and O–H groups in total. The molecule has 0 aliphatic carbocycles. The second-order valence-electron chi connectivity index (χ2n) is 6.78. The first-order valence-electron chi connectivity index (χ1n) is 8.14. The molecule has 3 heteroatoms. The van der Waals surface area contributed by atoms with Gasteiger partial charge in [0, 0.05) is 25.9 Å². The van der Waals surface area contributed by atoms with Crippen LogP contribution in [0, 0.1) is 19.8 Å². The van der Waals surface area contributed by atoms with Gasteiger partial charge in [-0.05, 0) is 56.6 Å². The zero-order valence-electron chi connectivity index (χ0n) is 13.2. The zero-order chi connectivity index (χ0) is 14.9. The van der Waals surface area contributed by atoms with Crippen molar-refractivity contribution in [3.05, 3.63) is 34.9 Å². The number of hydrogen-bond donors (Lipinski definition) is 1. The minimum Gasteiger partial charge on any atom is -0.381 e. The van der Waals surface area contributed by atoms with Crippen molar-refractivity contribution in [2.24, 2.45) is 11.7 Å². The molecule has 2 fully saturated rings. The molecule has 0 amide bonds.